The lowest BCUT2D eigenvalue weighted by Gasteiger charge is -2.07. The van der Waals surface area contributed by atoms with Crippen molar-refractivity contribution in [3.05, 3.63) is 33.9 Å². The Labute approximate surface area is 92.5 Å². The number of hydrogen-bond acceptors (Lipinski definition) is 5. The van der Waals surface area contributed by atoms with E-state index in [1.807, 2.05) is 0 Å². The summed E-state index contributed by atoms with van der Waals surface area (Å²) in [6.45, 7) is -0.289. The first-order chi connectivity index (χ1) is 7.54. The van der Waals surface area contributed by atoms with Crippen LogP contribution in [0.5, 0.6) is 0 Å². The van der Waals surface area contributed by atoms with E-state index in [1.165, 1.54) is 12.1 Å². The van der Waals surface area contributed by atoms with Crippen molar-refractivity contribution in [2.75, 3.05) is 12.3 Å². The fourth-order valence-corrected chi connectivity index (χ4v) is 1.35. The Kier molecular flexibility index (Phi) is 4.21. The van der Waals surface area contributed by atoms with Crippen LogP contribution in [0.1, 0.15) is 12.0 Å². The van der Waals surface area contributed by atoms with E-state index in [4.69, 9.17) is 15.9 Å². The van der Waals surface area contributed by atoms with Crippen LogP contribution in [0.25, 0.3) is 0 Å². The highest BCUT2D eigenvalue weighted by Gasteiger charge is 2.11. The standard InChI is InChI=1S/C10H14N2O4/c11-9-5-7(1-3-8(14)6-13)2-4-10(9)12(15)16/h2,4-5,8,13-14H,1,3,6,11H2. The van der Waals surface area contributed by atoms with Gasteiger partial charge in [-0.15, -0.1) is 0 Å². The highest BCUT2D eigenvalue weighted by Crippen LogP contribution is 2.22. The number of benzene rings is 1. The molecule has 1 aromatic carbocycles. The Morgan fingerprint density at radius 1 is 1.50 bits per heavy atom. The number of aryl methyl sites for hydroxylation is 1. The molecule has 6 nitrogen and oxygen atoms in total. The fraction of sp³-hybridized carbons (Fsp3) is 0.400. The van der Waals surface area contributed by atoms with E-state index in [9.17, 15) is 10.1 Å². The lowest BCUT2D eigenvalue weighted by atomic mass is 10.1. The number of aliphatic hydroxyl groups excluding tert-OH is 2. The molecule has 0 spiro atoms. The van der Waals surface area contributed by atoms with Gasteiger partial charge < -0.3 is 15.9 Å². The van der Waals surface area contributed by atoms with Crippen molar-refractivity contribution in [3.8, 4) is 0 Å². The predicted molar refractivity (Wildman–Crippen MR) is 58.9 cm³/mol. The Balaban J connectivity index is 2.70. The molecule has 0 aromatic heterocycles. The molecular formula is C10H14N2O4. The molecule has 0 bridgehead atoms. The molecule has 0 saturated heterocycles. The van der Waals surface area contributed by atoms with Gasteiger partial charge in [-0.25, -0.2) is 0 Å². The number of nitro benzene ring substituents is 1. The van der Waals surface area contributed by atoms with Crippen LogP contribution >= 0.6 is 0 Å². The summed E-state index contributed by atoms with van der Waals surface area (Å²) in [5.41, 5.74) is 6.30. The van der Waals surface area contributed by atoms with Gasteiger partial charge in [-0.1, -0.05) is 6.07 Å². The van der Waals surface area contributed by atoms with Crippen molar-refractivity contribution < 1.29 is 15.1 Å². The average Bonchev–Trinajstić information content (AvgIpc) is 2.25. The van der Waals surface area contributed by atoms with E-state index in [1.54, 1.807) is 6.07 Å². The van der Waals surface area contributed by atoms with Crippen LogP contribution < -0.4 is 5.73 Å². The van der Waals surface area contributed by atoms with Crippen LogP contribution in [0.2, 0.25) is 0 Å². The third-order valence-corrected chi connectivity index (χ3v) is 2.27. The fourth-order valence-electron chi connectivity index (χ4n) is 1.35. The molecule has 0 aliphatic carbocycles. The zero-order chi connectivity index (χ0) is 12.1. The molecule has 0 heterocycles. The highest BCUT2D eigenvalue weighted by molar-refractivity contribution is 5.59. The van der Waals surface area contributed by atoms with Crippen molar-refractivity contribution in [1.29, 1.82) is 0 Å². The predicted octanol–water partition coefficient (Wildman–Crippen LogP) is 0.463. The van der Waals surface area contributed by atoms with Crippen molar-refractivity contribution in [1.82, 2.24) is 0 Å². The molecule has 0 saturated carbocycles. The number of nitrogens with two attached hydrogens (primary N) is 1. The van der Waals surface area contributed by atoms with Gasteiger partial charge in [-0.3, -0.25) is 10.1 Å². The summed E-state index contributed by atoms with van der Waals surface area (Å²) in [6.07, 6.45) is 0.147. The molecule has 0 amide bonds. The number of nitrogen functional groups attached to an aromatic ring is 1. The van der Waals surface area contributed by atoms with Gasteiger partial charge in [-0.2, -0.15) is 0 Å². The van der Waals surface area contributed by atoms with Gasteiger partial charge in [0, 0.05) is 6.07 Å². The molecule has 6 heteroatoms. The van der Waals surface area contributed by atoms with Crippen LogP contribution in [0, 0.1) is 10.1 Å². The first-order valence-electron chi connectivity index (χ1n) is 4.86. The molecule has 1 rings (SSSR count). The van der Waals surface area contributed by atoms with Gasteiger partial charge in [0.15, 0.2) is 0 Å². The second-order valence-corrected chi connectivity index (χ2v) is 3.53. The normalized spacial score (nSPS) is 12.4. The van der Waals surface area contributed by atoms with Crippen molar-refractivity contribution in [2.24, 2.45) is 0 Å². The maximum atomic E-state index is 10.5. The van der Waals surface area contributed by atoms with Crippen molar-refractivity contribution in [2.45, 2.75) is 18.9 Å². The highest BCUT2D eigenvalue weighted by atomic mass is 16.6. The van der Waals surface area contributed by atoms with E-state index in [2.05, 4.69) is 0 Å². The van der Waals surface area contributed by atoms with Gasteiger partial charge in [0.1, 0.15) is 5.69 Å². The lowest BCUT2D eigenvalue weighted by molar-refractivity contribution is -0.383. The molecule has 0 aliphatic rings. The molecule has 88 valence electrons. The van der Waals surface area contributed by atoms with Crippen LogP contribution in [-0.4, -0.2) is 27.8 Å². The summed E-state index contributed by atoms with van der Waals surface area (Å²) < 4.78 is 0. The molecule has 1 atom stereocenters. The lowest BCUT2D eigenvalue weighted by Crippen LogP contribution is -2.12. The summed E-state index contributed by atoms with van der Waals surface area (Å²) in [5.74, 6) is 0. The SMILES string of the molecule is Nc1cc(CCC(O)CO)ccc1[N+](=O)[O-]. The van der Waals surface area contributed by atoms with Gasteiger partial charge in [0.05, 0.1) is 17.6 Å². The number of hydrogen-bond donors (Lipinski definition) is 3. The Hall–Kier alpha value is -1.66. The molecular weight excluding hydrogens is 212 g/mol. The molecule has 1 aromatic rings. The molecule has 16 heavy (non-hydrogen) atoms. The largest absolute Gasteiger partial charge is 0.394 e. The maximum absolute atomic E-state index is 10.5. The van der Waals surface area contributed by atoms with E-state index in [-0.39, 0.29) is 18.0 Å². The summed E-state index contributed by atoms with van der Waals surface area (Å²) in [4.78, 5) is 9.96. The minimum Gasteiger partial charge on any atom is -0.394 e. The Morgan fingerprint density at radius 3 is 2.69 bits per heavy atom. The quantitative estimate of drug-likeness (QED) is 0.384. The van der Waals surface area contributed by atoms with Crippen LogP contribution in [0.4, 0.5) is 11.4 Å². The van der Waals surface area contributed by atoms with Gasteiger partial charge >= 0.3 is 0 Å². The Morgan fingerprint density at radius 2 is 2.19 bits per heavy atom. The molecule has 0 aliphatic heterocycles. The summed E-state index contributed by atoms with van der Waals surface area (Å²) in [6, 6.07) is 4.46. The summed E-state index contributed by atoms with van der Waals surface area (Å²) >= 11 is 0. The van der Waals surface area contributed by atoms with Crippen molar-refractivity contribution >= 4 is 11.4 Å². The molecule has 1 unspecified atom stereocenters. The minimum atomic E-state index is -0.767. The van der Waals surface area contributed by atoms with Gasteiger partial charge in [-0.05, 0) is 24.5 Å². The topological polar surface area (TPSA) is 110 Å². The molecule has 4 N–H and O–H groups in total. The number of nitrogens with zero attached hydrogens (tertiary/aromatic N) is 1. The van der Waals surface area contributed by atoms with Crippen molar-refractivity contribution in [3.63, 3.8) is 0 Å². The second kappa shape index (κ2) is 5.43. The Bertz CT molecular complexity index is 381. The van der Waals surface area contributed by atoms with E-state index in [0.717, 1.165) is 5.56 Å². The first-order valence-corrected chi connectivity index (χ1v) is 4.86. The third kappa shape index (κ3) is 3.18. The number of rotatable bonds is 5. The number of aliphatic hydroxyl groups is 2. The summed E-state index contributed by atoms with van der Waals surface area (Å²) in [5, 5.41) is 28.3. The minimum absolute atomic E-state index is 0.112. The van der Waals surface area contributed by atoms with Gasteiger partial charge in [0.25, 0.3) is 5.69 Å². The number of nitro groups is 1. The zero-order valence-electron chi connectivity index (χ0n) is 8.67. The monoisotopic (exact) mass is 226 g/mol. The van der Waals surface area contributed by atoms with Crippen LogP contribution in [0.15, 0.2) is 18.2 Å². The molecule has 0 fully saturated rings. The number of anilines is 1. The van der Waals surface area contributed by atoms with E-state index < -0.39 is 11.0 Å². The smallest absolute Gasteiger partial charge is 0.292 e. The van der Waals surface area contributed by atoms with E-state index in [0.29, 0.717) is 12.8 Å². The second-order valence-electron chi connectivity index (χ2n) is 3.53. The van der Waals surface area contributed by atoms with Crippen LogP contribution in [0.3, 0.4) is 0 Å². The zero-order valence-corrected chi connectivity index (χ0v) is 8.67. The first kappa shape index (κ1) is 12.4. The molecule has 0 radical (unpaired) electrons. The third-order valence-electron chi connectivity index (χ3n) is 2.27. The average molecular weight is 226 g/mol. The van der Waals surface area contributed by atoms with Gasteiger partial charge in [0.2, 0.25) is 0 Å². The maximum Gasteiger partial charge on any atom is 0.292 e. The summed E-state index contributed by atoms with van der Waals surface area (Å²) in [7, 11) is 0. The van der Waals surface area contributed by atoms with E-state index >= 15 is 0 Å². The van der Waals surface area contributed by atoms with Crippen LogP contribution in [-0.2, 0) is 6.42 Å².